The zero-order valence-corrected chi connectivity index (χ0v) is 9.48. The second-order valence-electron chi connectivity index (χ2n) is 4.23. The van der Waals surface area contributed by atoms with E-state index in [-0.39, 0.29) is 5.69 Å². The number of benzene rings is 1. The Morgan fingerprint density at radius 1 is 1.41 bits per heavy atom. The Morgan fingerprint density at radius 2 is 2.18 bits per heavy atom. The zero-order valence-electron chi connectivity index (χ0n) is 9.48. The summed E-state index contributed by atoms with van der Waals surface area (Å²) in [5.74, 6) is -0.417. The molecule has 0 amide bonds. The molecule has 0 atom stereocenters. The van der Waals surface area contributed by atoms with Crippen molar-refractivity contribution < 1.29 is 9.90 Å². The minimum atomic E-state index is -0.979. The molecule has 0 unspecified atom stereocenters. The third kappa shape index (κ3) is 1.32. The molecule has 3 aromatic rings. The molecule has 0 aliphatic carbocycles. The Morgan fingerprint density at radius 3 is 2.88 bits per heavy atom. The first-order valence-electron chi connectivity index (χ1n) is 5.27. The van der Waals surface area contributed by atoms with Crippen molar-refractivity contribution in [3.63, 3.8) is 0 Å². The highest BCUT2D eigenvalue weighted by atomic mass is 16.4. The molecular formula is C12H11N3O2. The first-order chi connectivity index (χ1) is 8.06. The second kappa shape index (κ2) is 3.10. The van der Waals surface area contributed by atoms with Crippen LogP contribution in [0.5, 0.6) is 0 Å². The second-order valence-corrected chi connectivity index (χ2v) is 4.23. The van der Waals surface area contributed by atoms with Crippen molar-refractivity contribution in [2.24, 2.45) is 0 Å². The van der Waals surface area contributed by atoms with Gasteiger partial charge in [0.05, 0.1) is 11.0 Å². The number of carboxylic acids is 1. The number of carboxylic acid groups (broad SMARTS) is 1. The molecule has 2 heterocycles. The molecule has 0 aliphatic rings. The molecule has 2 aromatic heterocycles. The molecule has 0 radical (unpaired) electrons. The van der Waals surface area contributed by atoms with E-state index < -0.39 is 5.97 Å². The number of nitrogens with zero attached hydrogens (tertiary/aromatic N) is 2. The molecule has 1 aromatic carbocycles. The average Bonchev–Trinajstić information content (AvgIpc) is 2.76. The van der Waals surface area contributed by atoms with Crippen molar-refractivity contribution in [2.75, 3.05) is 0 Å². The standard InChI is InChI=1S/C12H11N3O2/c1-6-3-7(2)10-9(4-6)15-5-8(11(16)17)13-12(15)14-10/h3-5H,1-2H3,(H,13,14)(H,16,17). The number of hydrogen-bond acceptors (Lipinski definition) is 2. The molecule has 5 heteroatoms. The third-order valence-corrected chi connectivity index (χ3v) is 2.87. The van der Waals surface area contributed by atoms with Gasteiger partial charge in [-0.3, -0.25) is 4.40 Å². The van der Waals surface area contributed by atoms with E-state index in [2.05, 4.69) is 16.0 Å². The highest BCUT2D eigenvalue weighted by molar-refractivity contribution is 5.89. The number of imidazole rings is 2. The van der Waals surface area contributed by atoms with Gasteiger partial charge in [-0.1, -0.05) is 6.07 Å². The van der Waals surface area contributed by atoms with Crippen LogP contribution in [0.3, 0.4) is 0 Å². The number of rotatable bonds is 1. The number of aromatic nitrogens is 3. The summed E-state index contributed by atoms with van der Waals surface area (Å²) in [4.78, 5) is 18.1. The van der Waals surface area contributed by atoms with Gasteiger partial charge in [-0.25, -0.2) is 9.78 Å². The fraction of sp³-hybridized carbons (Fsp3) is 0.167. The van der Waals surface area contributed by atoms with E-state index in [9.17, 15) is 4.79 Å². The zero-order chi connectivity index (χ0) is 12.2. The van der Waals surface area contributed by atoms with Crippen LogP contribution in [0.15, 0.2) is 18.3 Å². The molecule has 5 nitrogen and oxygen atoms in total. The van der Waals surface area contributed by atoms with Crippen LogP contribution >= 0.6 is 0 Å². The molecule has 17 heavy (non-hydrogen) atoms. The molecule has 0 bridgehead atoms. The van der Waals surface area contributed by atoms with Crippen LogP contribution in [-0.2, 0) is 0 Å². The molecule has 0 spiro atoms. The van der Waals surface area contributed by atoms with Crippen LogP contribution in [0.2, 0.25) is 0 Å². The van der Waals surface area contributed by atoms with Crippen molar-refractivity contribution >= 4 is 22.8 Å². The molecule has 2 N–H and O–H groups in total. The average molecular weight is 229 g/mol. The minimum absolute atomic E-state index is 0.147. The molecule has 86 valence electrons. The van der Waals surface area contributed by atoms with Gasteiger partial charge in [-0.05, 0) is 31.0 Å². The highest BCUT2D eigenvalue weighted by Gasteiger charge is 2.13. The first-order valence-corrected chi connectivity index (χ1v) is 5.27. The summed E-state index contributed by atoms with van der Waals surface area (Å²) in [7, 11) is 0. The topological polar surface area (TPSA) is 70.4 Å². The van der Waals surface area contributed by atoms with E-state index in [4.69, 9.17) is 5.11 Å². The van der Waals surface area contributed by atoms with Crippen molar-refractivity contribution in [1.29, 1.82) is 0 Å². The van der Waals surface area contributed by atoms with Gasteiger partial charge in [0.25, 0.3) is 0 Å². The third-order valence-electron chi connectivity index (χ3n) is 2.87. The van der Waals surface area contributed by atoms with Crippen molar-refractivity contribution in [3.05, 3.63) is 35.2 Å². The number of H-pyrrole nitrogens is 1. The number of hydrogen-bond donors (Lipinski definition) is 2. The van der Waals surface area contributed by atoms with Gasteiger partial charge in [-0.2, -0.15) is 0 Å². The summed E-state index contributed by atoms with van der Waals surface area (Å²) < 4.78 is 1.78. The van der Waals surface area contributed by atoms with Crippen LogP contribution in [0.1, 0.15) is 21.6 Å². The summed E-state index contributed by atoms with van der Waals surface area (Å²) in [5, 5.41) is 8.91. The van der Waals surface area contributed by atoms with Crippen LogP contribution < -0.4 is 0 Å². The number of carbonyl (C=O) groups is 1. The smallest absolute Gasteiger partial charge is 0.353 e. The maximum atomic E-state index is 10.9. The van der Waals surface area contributed by atoms with E-state index >= 15 is 0 Å². The summed E-state index contributed by atoms with van der Waals surface area (Å²) >= 11 is 0. The van der Waals surface area contributed by atoms with Gasteiger partial charge >= 0.3 is 5.97 Å². The summed E-state index contributed by atoms with van der Waals surface area (Å²) in [6.45, 7) is 4.01. The van der Waals surface area contributed by atoms with Crippen molar-refractivity contribution in [1.82, 2.24) is 14.4 Å². The van der Waals surface area contributed by atoms with Gasteiger partial charge in [-0.15, -0.1) is 0 Å². The summed E-state index contributed by atoms with van der Waals surface area (Å²) in [6, 6.07) is 4.06. The predicted octanol–water partition coefficient (Wildman–Crippen LogP) is 2.13. The molecule has 0 fully saturated rings. The fourth-order valence-corrected chi connectivity index (χ4v) is 2.15. The highest BCUT2D eigenvalue weighted by Crippen LogP contribution is 2.21. The lowest BCUT2D eigenvalue weighted by Gasteiger charge is -1.97. The Bertz CT molecular complexity index is 752. The molecule has 0 saturated carbocycles. The molecule has 0 saturated heterocycles. The Kier molecular flexibility index (Phi) is 1.80. The van der Waals surface area contributed by atoms with E-state index in [1.807, 2.05) is 19.9 Å². The number of nitrogens with one attached hydrogen (secondary N) is 1. The summed E-state index contributed by atoms with van der Waals surface area (Å²) in [6.07, 6.45) is 1.56. The maximum Gasteiger partial charge on any atom is 0.353 e. The first kappa shape index (κ1) is 9.89. The van der Waals surface area contributed by atoms with Gasteiger partial charge in [0.15, 0.2) is 0 Å². The van der Waals surface area contributed by atoms with E-state index in [0.717, 1.165) is 22.2 Å². The number of fused-ring (bicyclic) bond motifs is 3. The number of aromatic carboxylic acids is 1. The van der Waals surface area contributed by atoms with Crippen LogP contribution in [0, 0.1) is 13.8 Å². The van der Waals surface area contributed by atoms with E-state index in [1.165, 1.54) is 0 Å². The predicted molar refractivity (Wildman–Crippen MR) is 63.5 cm³/mol. The van der Waals surface area contributed by atoms with Crippen LogP contribution in [0.25, 0.3) is 16.8 Å². The monoisotopic (exact) mass is 229 g/mol. The maximum absolute atomic E-state index is 10.9. The fourth-order valence-electron chi connectivity index (χ4n) is 2.15. The minimum Gasteiger partial charge on any atom is -0.477 e. The van der Waals surface area contributed by atoms with Gasteiger partial charge in [0.2, 0.25) is 5.78 Å². The Labute approximate surface area is 96.7 Å². The van der Waals surface area contributed by atoms with E-state index in [1.54, 1.807) is 10.6 Å². The molecular weight excluding hydrogens is 218 g/mol. The van der Waals surface area contributed by atoms with Gasteiger partial charge < -0.3 is 10.1 Å². The number of aryl methyl sites for hydroxylation is 2. The molecule has 0 aliphatic heterocycles. The van der Waals surface area contributed by atoms with Gasteiger partial charge in [0.1, 0.15) is 5.69 Å². The van der Waals surface area contributed by atoms with Crippen LogP contribution in [-0.4, -0.2) is 25.4 Å². The SMILES string of the molecule is Cc1cc(C)c2nc3[nH]c(C(=O)O)cn3c2c1. The normalized spacial score (nSPS) is 11.4. The lowest BCUT2D eigenvalue weighted by molar-refractivity contribution is 0.0691. The van der Waals surface area contributed by atoms with Crippen molar-refractivity contribution in [2.45, 2.75) is 13.8 Å². The van der Waals surface area contributed by atoms with Gasteiger partial charge in [0, 0.05) is 6.20 Å². The van der Waals surface area contributed by atoms with E-state index in [0.29, 0.717) is 5.78 Å². The van der Waals surface area contributed by atoms with Crippen molar-refractivity contribution in [3.8, 4) is 0 Å². The summed E-state index contributed by atoms with van der Waals surface area (Å²) in [5.41, 5.74) is 4.21. The Balaban J connectivity index is 2.44. The molecule has 3 rings (SSSR count). The Hall–Kier alpha value is -2.30. The van der Waals surface area contributed by atoms with Crippen LogP contribution in [0.4, 0.5) is 0 Å². The largest absolute Gasteiger partial charge is 0.477 e. The quantitative estimate of drug-likeness (QED) is 0.671. The lowest BCUT2D eigenvalue weighted by Crippen LogP contribution is -1.95. The lowest BCUT2D eigenvalue weighted by atomic mass is 10.1. The number of aromatic amines is 1.